The van der Waals surface area contributed by atoms with Crippen molar-refractivity contribution in [3.8, 4) is 5.75 Å². The molecule has 1 aromatic carbocycles. The summed E-state index contributed by atoms with van der Waals surface area (Å²) < 4.78 is 10.2. The summed E-state index contributed by atoms with van der Waals surface area (Å²) in [4.78, 5) is 25.1. The van der Waals surface area contributed by atoms with Crippen LogP contribution in [-0.2, 0) is 9.53 Å². The molecule has 0 fully saturated rings. The summed E-state index contributed by atoms with van der Waals surface area (Å²) in [5.74, 6) is -0.0863. The number of esters is 1. The van der Waals surface area contributed by atoms with Crippen molar-refractivity contribution in [1.29, 1.82) is 0 Å². The van der Waals surface area contributed by atoms with Gasteiger partial charge in [0, 0.05) is 19.2 Å². The van der Waals surface area contributed by atoms with Crippen molar-refractivity contribution in [3.05, 3.63) is 29.8 Å². The molecule has 0 heterocycles. The van der Waals surface area contributed by atoms with Crippen molar-refractivity contribution in [2.24, 2.45) is 5.92 Å². The number of nitrogens with zero attached hydrogens (tertiary/aromatic N) is 1. The Morgan fingerprint density at radius 2 is 1.71 bits per heavy atom. The molecular formula is C16H23NO4. The second-order valence-electron chi connectivity index (χ2n) is 5.30. The highest BCUT2D eigenvalue weighted by atomic mass is 16.5. The summed E-state index contributed by atoms with van der Waals surface area (Å²) in [6, 6.07) is 6.98. The van der Waals surface area contributed by atoms with Crippen molar-refractivity contribution in [2.45, 2.75) is 26.9 Å². The fraction of sp³-hybridized carbons (Fsp3) is 0.500. The van der Waals surface area contributed by atoms with Gasteiger partial charge >= 0.3 is 5.97 Å². The van der Waals surface area contributed by atoms with Gasteiger partial charge in [0.15, 0.2) is 0 Å². The van der Waals surface area contributed by atoms with E-state index in [4.69, 9.17) is 4.74 Å². The normalized spacial score (nSPS) is 11.9. The Bertz CT molecular complexity index is 482. The van der Waals surface area contributed by atoms with E-state index in [1.54, 1.807) is 38.2 Å². The number of amides is 1. The van der Waals surface area contributed by atoms with Gasteiger partial charge in [0.25, 0.3) is 5.91 Å². The fourth-order valence-electron chi connectivity index (χ4n) is 1.94. The average Bonchev–Trinajstić information content (AvgIpc) is 2.45. The van der Waals surface area contributed by atoms with Crippen molar-refractivity contribution in [1.82, 2.24) is 4.90 Å². The van der Waals surface area contributed by atoms with Crippen molar-refractivity contribution in [3.63, 3.8) is 0 Å². The first kappa shape index (κ1) is 17.0. The number of benzene rings is 1. The van der Waals surface area contributed by atoms with Crippen LogP contribution in [0.5, 0.6) is 5.75 Å². The molecule has 0 saturated heterocycles. The molecule has 0 radical (unpaired) electrons. The van der Waals surface area contributed by atoms with Gasteiger partial charge in [-0.15, -0.1) is 0 Å². The predicted molar refractivity (Wildman–Crippen MR) is 80.3 cm³/mol. The third kappa shape index (κ3) is 5.10. The van der Waals surface area contributed by atoms with E-state index in [1.165, 1.54) is 12.0 Å². The summed E-state index contributed by atoms with van der Waals surface area (Å²) in [7, 11) is 3.01. The quantitative estimate of drug-likeness (QED) is 0.756. The molecule has 0 spiro atoms. The maximum atomic E-state index is 12.3. The number of methoxy groups -OCH3 is 1. The Kier molecular flexibility index (Phi) is 6.21. The number of carbonyl (C=O) groups excluding carboxylic acids is 2. The van der Waals surface area contributed by atoms with Crippen LogP contribution >= 0.6 is 0 Å². The molecule has 5 nitrogen and oxygen atoms in total. The lowest BCUT2D eigenvalue weighted by molar-refractivity contribution is -0.145. The van der Waals surface area contributed by atoms with E-state index in [-0.39, 0.29) is 23.9 Å². The summed E-state index contributed by atoms with van der Waals surface area (Å²) >= 11 is 0. The molecule has 1 atom stereocenters. The third-order valence-corrected chi connectivity index (χ3v) is 2.97. The average molecular weight is 293 g/mol. The first-order valence-corrected chi connectivity index (χ1v) is 6.95. The second kappa shape index (κ2) is 7.67. The van der Waals surface area contributed by atoms with E-state index in [9.17, 15) is 9.59 Å². The molecule has 1 amide bonds. The van der Waals surface area contributed by atoms with Crippen LogP contribution in [0, 0.1) is 5.92 Å². The van der Waals surface area contributed by atoms with E-state index in [1.807, 2.05) is 13.8 Å². The summed E-state index contributed by atoms with van der Waals surface area (Å²) in [5, 5.41) is 0. The highest BCUT2D eigenvalue weighted by Gasteiger charge is 2.19. The summed E-state index contributed by atoms with van der Waals surface area (Å²) in [6.45, 7) is 5.94. The maximum absolute atomic E-state index is 12.3. The predicted octanol–water partition coefficient (Wildman–Crippen LogP) is 2.35. The number of hydrogen-bond acceptors (Lipinski definition) is 4. The van der Waals surface area contributed by atoms with Gasteiger partial charge in [-0.1, -0.05) is 6.92 Å². The fourth-order valence-corrected chi connectivity index (χ4v) is 1.94. The minimum absolute atomic E-state index is 0.0927. The molecule has 21 heavy (non-hydrogen) atoms. The molecule has 0 aromatic heterocycles. The van der Waals surface area contributed by atoms with Gasteiger partial charge in [-0.2, -0.15) is 0 Å². The number of carbonyl (C=O) groups is 2. The first-order valence-electron chi connectivity index (χ1n) is 6.95. The van der Waals surface area contributed by atoms with Crippen LogP contribution in [-0.4, -0.2) is 43.6 Å². The van der Waals surface area contributed by atoms with Gasteiger partial charge in [0.1, 0.15) is 5.75 Å². The molecular weight excluding hydrogens is 270 g/mol. The van der Waals surface area contributed by atoms with E-state index in [0.29, 0.717) is 12.1 Å². The van der Waals surface area contributed by atoms with Gasteiger partial charge < -0.3 is 14.4 Å². The topological polar surface area (TPSA) is 55.8 Å². The number of hydrogen-bond donors (Lipinski definition) is 0. The minimum Gasteiger partial charge on any atom is -0.491 e. The van der Waals surface area contributed by atoms with Crippen LogP contribution in [0.4, 0.5) is 0 Å². The van der Waals surface area contributed by atoms with Gasteiger partial charge in [0.2, 0.25) is 0 Å². The van der Waals surface area contributed by atoms with E-state index in [0.717, 1.165) is 5.75 Å². The van der Waals surface area contributed by atoms with Crippen molar-refractivity contribution < 1.29 is 19.1 Å². The standard InChI is InChI=1S/C16H23NO4/c1-11(2)21-14-8-6-13(7-9-14)15(18)17(4)10-12(3)16(19)20-5/h6-9,11-12H,10H2,1-5H3. The zero-order chi connectivity index (χ0) is 16.0. The van der Waals surface area contributed by atoms with Crippen molar-refractivity contribution >= 4 is 11.9 Å². The third-order valence-electron chi connectivity index (χ3n) is 2.97. The van der Waals surface area contributed by atoms with E-state index < -0.39 is 0 Å². The molecule has 0 N–H and O–H groups in total. The van der Waals surface area contributed by atoms with Gasteiger partial charge in [-0.25, -0.2) is 0 Å². The summed E-state index contributed by atoms with van der Waals surface area (Å²) in [6.07, 6.45) is 0.0927. The SMILES string of the molecule is COC(=O)C(C)CN(C)C(=O)c1ccc(OC(C)C)cc1. The smallest absolute Gasteiger partial charge is 0.310 e. The monoisotopic (exact) mass is 293 g/mol. The Balaban J connectivity index is 2.67. The van der Waals surface area contributed by atoms with Crippen LogP contribution < -0.4 is 4.74 Å². The van der Waals surface area contributed by atoms with Crippen LogP contribution in [0.2, 0.25) is 0 Å². The number of rotatable bonds is 6. The first-order chi connectivity index (χ1) is 9.85. The maximum Gasteiger partial charge on any atom is 0.310 e. The summed E-state index contributed by atoms with van der Waals surface area (Å²) in [5.41, 5.74) is 0.561. The Labute approximate surface area is 125 Å². The lowest BCUT2D eigenvalue weighted by Gasteiger charge is -2.20. The Morgan fingerprint density at radius 1 is 1.14 bits per heavy atom. The van der Waals surface area contributed by atoms with E-state index >= 15 is 0 Å². The molecule has 0 aliphatic heterocycles. The van der Waals surface area contributed by atoms with Crippen LogP contribution in [0.15, 0.2) is 24.3 Å². The molecule has 0 bridgehead atoms. The lowest BCUT2D eigenvalue weighted by atomic mass is 10.1. The van der Waals surface area contributed by atoms with Crippen LogP contribution in [0.1, 0.15) is 31.1 Å². The molecule has 1 unspecified atom stereocenters. The molecule has 1 rings (SSSR count). The number of ether oxygens (including phenoxy) is 2. The molecule has 5 heteroatoms. The molecule has 0 aliphatic rings. The molecule has 0 saturated carbocycles. The minimum atomic E-state index is -0.354. The van der Waals surface area contributed by atoms with Crippen molar-refractivity contribution in [2.75, 3.05) is 20.7 Å². The highest BCUT2D eigenvalue weighted by Crippen LogP contribution is 2.15. The Hall–Kier alpha value is -2.04. The zero-order valence-electron chi connectivity index (χ0n) is 13.3. The van der Waals surface area contributed by atoms with Gasteiger partial charge in [0.05, 0.1) is 19.1 Å². The molecule has 116 valence electrons. The highest BCUT2D eigenvalue weighted by molar-refractivity contribution is 5.94. The molecule has 0 aliphatic carbocycles. The van der Waals surface area contributed by atoms with Gasteiger partial charge in [-0.05, 0) is 38.1 Å². The largest absolute Gasteiger partial charge is 0.491 e. The van der Waals surface area contributed by atoms with Crippen LogP contribution in [0.25, 0.3) is 0 Å². The molecule has 1 aromatic rings. The Morgan fingerprint density at radius 3 is 2.19 bits per heavy atom. The zero-order valence-corrected chi connectivity index (χ0v) is 13.3. The van der Waals surface area contributed by atoms with E-state index in [2.05, 4.69) is 4.74 Å². The van der Waals surface area contributed by atoms with Gasteiger partial charge in [-0.3, -0.25) is 9.59 Å². The lowest BCUT2D eigenvalue weighted by Crippen LogP contribution is -2.34. The van der Waals surface area contributed by atoms with Crippen LogP contribution in [0.3, 0.4) is 0 Å². The second-order valence-corrected chi connectivity index (χ2v) is 5.30.